The molecule has 0 radical (unpaired) electrons. The van der Waals surface area contributed by atoms with Crippen LogP contribution < -0.4 is 4.74 Å². The molecule has 106 valence electrons. The summed E-state index contributed by atoms with van der Waals surface area (Å²) in [5, 5.41) is 10.1. The van der Waals surface area contributed by atoms with E-state index in [0.717, 1.165) is 16.8 Å². The van der Waals surface area contributed by atoms with Gasteiger partial charge in [-0.1, -0.05) is 18.6 Å². The fourth-order valence-corrected chi connectivity index (χ4v) is 2.90. The van der Waals surface area contributed by atoms with Gasteiger partial charge in [-0.05, 0) is 54.4 Å². The highest BCUT2D eigenvalue weighted by atomic mass is 79.9. The van der Waals surface area contributed by atoms with Crippen molar-refractivity contribution in [2.75, 3.05) is 19.7 Å². The van der Waals surface area contributed by atoms with Crippen molar-refractivity contribution in [3.8, 4) is 5.75 Å². The number of likely N-dealkylation sites (tertiary alicyclic amines) is 1. The van der Waals surface area contributed by atoms with Crippen molar-refractivity contribution >= 4 is 15.9 Å². The maximum Gasteiger partial charge on any atom is 0.133 e. The van der Waals surface area contributed by atoms with Crippen LogP contribution in [0.25, 0.3) is 0 Å². The topological polar surface area (TPSA) is 32.7 Å². The van der Waals surface area contributed by atoms with Crippen molar-refractivity contribution < 1.29 is 9.84 Å². The fraction of sp³-hybridized carbons (Fsp3) is 0.600. The molecule has 1 aromatic carbocycles. The van der Waals surface area contributed by atoms with Gasteiger partial charge in [0.05, 0.1) is 4.47 Å². The minimum atomic E-state index is -0.437. The molecule has 1 heterocycles. The number of piperidine rings is 1. The van der Waals surface area contributed by atoms with E-state index in [2.05, 4.69) is 27.8 Å². The molecule has 3 nitrogen and oxygen atoms in total. The van der Waals surface area contributed by atoms with Crippen LogP contribution in [-0.2, 0) is 0 Å². The smallest absolute Gasteiger partial charge is 0.133 e. The Bertz CT molecular complexity index is 399. The van der Waals surface area contributed by atoms with E-state index < -0.39 is 6.10 Å². The molecule has 0 aliphatic carbocycles. The molecule has 0 unspecified atom stereocenters. The van der Waals surface area contributed by atoms with Gasteiger partial charge in [0.1, 0.15) is 18.5 Å². The number of hydrogen-bond acceptors (Lipinski definition) is 3. The van der Waals surface area contributed by atoms with Gasteiger partial charge in [-0.15, -0.1) is 0 Å². The minimum absolute atomic E-state index is 0.339. The summed E-state index contributed by atoms with van der Waals surface area (Å²) in [5.41, 5.74) is 0. The summed E-state index contributed by atoms with van der Waals surface area (Å²) in [5.74, 6) is 0.785. The molecule has 1 aliphatic rings. The molecule has 0 aromatic heterocycles. The Morgan fingerprint density at radius 2 is 2.21 bits per heavy atom. The van der Waals surface area contributed by atoms with E-state index in [4.69, 9.17) is 4.74 Å². The number of hydrogen-bond donors (Lipinski definition) is 1. The molecule has 1 saturated heterocycles. The van der Waals surface area contributed by atoms with Crippen molar-refractivity contribution in [3.63, 3.8) is 0 Å². The average Bonchev–Trinajstić information content (AvgIpc) is 2.40. The first kappa shape index (κ1) is 14.8. The minimum Gasteiger partial charge on any atom is -0.490 e. The molecule has 4 heteroatoms. The van der Waals surface area contributed by atoms with E-state index in [-0.39, 0.29) is 0 Å². The van der Waals surface area contributed by atoms with Gasteiger partial charge in [0.15, 0.2) is 0 Å². The Morgan fingerprint density at radius 1 is 1.42 bits per heavy atom. The standard InChI is InChI=1S/C15H22BrNO2/c1-12-6-4-5-9-17(12)10-13(18)11-19-15-8-3-2-7-14(15)16/h2-3,7-8,12-13,18H,4-6,9-11H2,1H3/t12-,13+/m0/s1. The third kappa shape index (κ3) is 4.48. The van der Waals surface area contributed by atoms with Gasteiger partial charge >= 0.3 is 0 Å². The molecule has 0 saturated carbocycles. The van der Waals surface area contributed by atoms with E-state index in [1.807, 2.05) is 24.3 Å². The summed E-state index contributed by atoms with van der Waals surface area (Å²) in [4.78, 5) is 2.36. The molecule has 0 spiro atoms. The SMILES string of the molecule is C[C@H]1CCCCN1C[C@@H](O)COc1ccccc1Br. The second-order valence-electron chi connectivity index (χ2n) is 5.23. The van der Waals surface area contributed by atoms with Crippen molar-refractivity contribution in [2.45, 2.75) is 38.3 Å². The van der Waals surface area contributed by atoms with Crippen LogP contribution >= 0.6 is 15.9 Å². The first-order valence-corrected chi connectivity index (χ1v) is 7.75. The lowest BCUT2D eigenvalue weighted by atomic mass is 10.0. The Balaban J connectivity index is 1.78. The summed E-state index contributed by atoms with van der Waals surface area (Å²) in [6, 6.07) is 8.29. The molecule has 19 heavy (non-hydrogen) atoms. The maximum absolute atomic E-state index is 10.1. The lowest BCUT2D eigenvalue weighted by molar-refractivity contribution is 0.0436. The molecule has 0 amide bonds. The number of ether oxygens (including phenoxy) is 1. The van der Waals surface area contributed by atoms with E-state index in [9.17, 15) is 5.11 Å². The molecular formula is C15H22BrNO2. The summed E-state index contributed by atoms with van der Waals surface area (Å²) in [7, 11) is 0. The maximum atomic E-state index is 10.1. The van der Waals surface area contributed by atoms with E-state index in [1.54, 1.807) is 0 Å². The van der Waals surface area contributed by atoms with Gasteiger partial charge in [-0.25, -0.2) is 0 Å². The number of aliphatic hydroxyl groups excluding tert-OH is 1. The molecule has 1 aromatic rings. The number of benzene rings is 1. The van der Waals surface area contributed by atoms with Crippen LogP contribution in [0.1, 0.15) is 26.2 Å². The molecule has 2 atom stereocenters. The van der Waals surface area contributed by atoms with E-state index in [1.165, 1.54) is 19.3 Å². The van der Waals surface area contributed by atoms with E-state index >= 15 is 0 Å². The Kier molecular flexibility index (Phi) is 5.67. The third-order valence-corrected chi connectivity index (χ3v) is 4.31. The Hall–Kier alpha value is -0.580. The van der Waals surface area contributed by atoms with Crippen LogP contribution in [0.15, 0.2) is 28.7 Å². The second kappa shape index (κ2) is 7.27. The van der Waals surface area contributed by atoms with Crippen molar-refractivity contribution in [1.29, 1.82) is 0 Å². The highest BCUT2D eigenvalue weighted by Gasteiger charge is 2.21. The molecule has 1 N–H and O–H groups in total. The second-order valence-corrected chi connectivity index (χ2v) is 6.09. The number of aliphatic hydroxyl groups is 1. The van der Waals surface area contributed by atoms with Crippen LogP contribution in [0.5, 0.6) is 5.75 Å². The lowest BCUT2D eigenvalue weighted by Crippen LogP contribution is -2.43. The quantitative estimate of drug-likeness (QED) is 0.902. The largest absolute Gasteiger partial charge is 0.490 e. The van der Waals surface area contributed by atoms with Gasteiger partial charge in [0, 0.05) is 12.6 Å². The van der Waals surface area contributed by atoms with Crippen molar-refractivity contribution in [3.05, 3.63) is 28.7 Å². The number of nitrogens with zero attached hydrogens (tertiary/aromatic N) is 1. The van der Waals surface area contributed by atoms with Crippen LogP contribution in [0.4, 0.5) is 0 Å². The van der Waals surface area contributed by atoms with Crippen molar-refractivity contribution in [1.82, 2.24) is 4.90 Å². The van der Waals surface area contributed by atoms with E-state index in [0.29, 0.717) is 19.2 Å². The van der Waals surface area contributed by atoms with Gasteiger partial charge < -0.3 is 9.84 Å². The monoisotopic (exact) mass is 327 g/mol. The number of rotatable bonds is 5. The highest BCUT2D eigenvalue weighted by molar-refractivity contribution is 9.10. The fourth-order valence-electron chi connectivity index (χ4n) is 2.50. The Labute approximate surface area is 123 Å². The zero-order valence-electron chi connectivity index (χ0n) is 11.4. The molecule has 1 fully saturated rings. The van der Waals surface area contributed by atoms with Crippen LogP contribution in [-0.4, -0.2) is 41.8 Å². The summed E-state index contributed by atoms with van der Waals surface area (Å²) < 4.78 is 6.58. The first-order valence-electron chi connectivity index (χ1n) is 6.96. The summed E-state index contributed by atoms with van der Waals surface area (Å²) in [6.45, 7) is 4.37. The predicted octanol–water partition coefficient (Wildman–Crippen LogP) is 3.06. The van der Waals surface area contributed by atoms with Crippen molar-refractivity contribution in [2.24, 2.45) is 0 Å². The zero-order chi connectivity index (χ0) is 13.7. The molecule has 0 bridgehead atoms. The summed E-state index contributed by atoms with van der Waals surface area (Å²) >= 11 is 3.44. The lowest BCUT2D eigenvalue weighted by Gasteiger charge is -2.34. The number of halogens is 1. The summed E-state index contributed by atoms with van der Waals surface area (Å²) in [6.07, 6.45) is 3.34. The number of para-hydroxylation sites is 1. The zero-order valence-corrected chi connectivity index (χ0v) is 13.0. The van der Waals surface area contributed by atoms with Gasteiger partial charge in [-0.2, -0.15) is 0 Å². The third-order valence-electron chi connectivity index (χ3n) is 3.65. The highest BCUT2D eigenvalue weighted by Crippen LogP contribution is 2.24. The molecule has 1 aliphatic heterocycles. The van der Waals surface area contributed by atoms with Gasteiger partial charge in [0.2, 0.25) is 0 Å². The first-order chi connectivity index (χ1) is 9.16. The number of β-amino-alcohol motifs (C(OH)–C–C–N with tert-alkyl or cyclic N) is 1. The predicted molar refractivity (Wildman–Crippen MR) is 80.5 cm³/mol. The van der Waals surface area contributed by atoms with Crippen LogP contribution in [0.2, 0.25) is 0 Å². The van der Waals surface area contributed by atoms with Crippen LogP contribution in [0, 0.1) is 0 Å². The Morgan fingerprint density at radius 3 is 2.95 bits per heavy atom. The molecule has 2 rings (SSSR count). The van der Waals surface area contributed by atoms with Gasteiger partial charge in [-0.3, -0.25) is 4.90 Å². The average molecular weight is 328 g/mol. The van der Waals surface area contributed by atoms with Crippen LogP contribution in [0.3, 0.4) is 0 Å². The molecular weight excluding hydrogens is 306 g/mol. The van der Waals surface area contributed by atoms with Gasteiger partial charge in [0.25, 0.3) is 0 Å². The normalized spacial score (nSPS) is 22.2.